The predicted molar refractivity (Wildman–Crippen MR) is 245 cm³/mol. The van der Waals surface area contributed by atoms with Crippen molar-refractivity contribution in [1.82, 2.24) is 18.9 Å². The van der Waals surface area contributed by atoms with Gasteiger partial charge in [-0.3, -0.25) is 8.97 Å². The van der Waals surface area contributed by atoms with Crippen LogP contribution in [-0.4, -0.2) is 27.0 Å². The van der Waals surface area contributed by atoms with Crippen LogP contribution in [0.2, 0.25) is 0 Å². The minimum absolute atomic E-state index is 0.248. The molecule has 0 bridgehead atoms. The Kier molecular flexibility index (Phi) is 7.23. The third kappa shape index (κ3) is 4.72. The first-order chi connectivity index (χ1) is 29.0. The molecule has 0 N–H and O–H groups in total. The number of hydrogen-bond donors (Lipinski definition) is 0. The van der Waals surface area contributed by atoms with Gasteiger partial charge in [0, 0.05) is 51.3 Å². The van der Waals surface area contributed by atoms with E-state index in [0.29, 0.717) is 0 Å². The second-order valence-electron chi connectivity index (χ2n) is 16.2. The first kappa shape index (κ1) is 33.8. The summed E-state index contributed by atoms with van der Waals surface area (Å²) in [5.74, 6) is 2.69. The lowest BCUT2D eigenvalue weighted by molar-refractivity contribution is 0.423. The molecule has 280 valence electrons. The molecule has 0 amide bonds. The Hall–Kier alpha value is -7.28. The van der Waals surface area contributed by atoms with E-state index < -0.39 is 8.07 Å². The van der Waals surface area contributed by atoms with Gasteiger partial charge in [0.15, 0.2) is 8.07 Å². The third-order valence-electron chi connectivity index (χ3n) is 12.8. The molecular weight excluding hydrogens is 737 g/mol. The van der Waals surface area contributed by atoms with Crippen LogP contribution in [0.4, 0.5) is 0 Å². The number of nitrogens with zero attached hydrogens (tertiary/aromatic N) is 4. The molecule has 0 atom stereocenters. The zero-order valence-electron chi connectivity index (χ0n) is 32.7. The van der Waals surface area contributed by atoms with Crippen molar-refractivity contribution in [3.63, 3.8) is 0 Å². The maximum Gasteiger partial charge on any atom is 0.179 e. The maximum absolute atomic E-state index is 6.96. The molecule has 6 heteroatoms. The number of benzene rings is 7. The second kappa shape index (κ2) is 12.6. The smallest absolute Gasteiger partial charge is 0.179 e. The quantitative estimate of drug-likeness (QED) is 0.0994. The summed E-state index contributed by atoms with van der Waals surface area (Å²) in [6.07, 6.45) is 5.88. The molecular formula is C53H38N4OSi. The van der Waals surface area contributed by atoms with Gasteiger partial charge in [0.2, 0.25) is 0 Å². The van der Waals surface area contributed by atoms with E-state index in [1.165, 1.54) is 42.6 Å². The monoisotopic (exact) mass is 774 g/mol. The van der Waals surface area contributed by atoms with Crippen LogP contribution in [0.15, 0.2) is 195 Å². The molecule has 1 aliphatic heterocycles. The maximum atomic E-state index is 6.96. The molecule has 0 saturated carbocycles. The van der Waals surface area contributed by atoms with Gasteiger partial charge in [0.1, 0.15) is 23.0 Å². The number of fused-ring (bicyclic) bond motifs is 12. The summed E-state index contributed by atoms with van der Waals surface area (Å²) in [6, 6.07) is 64.5. The normalized spacial score (nSPS) is 13.5. The van der Waals surface area contributed by atoms with Crippen molar-refractivity contribution in [2.45, 2.75) is 19.3 Å². The van der Waals surface area contributed by atoms with E-state index in [0.717, 1.165) is 55.7 Å². The Bertz CT molecular complexity index is 3410. The summed E-state index contributed by atoms with van der Waals surface area (Å²) >= 11 is 0. The highest BCUT2D eigenvalue weighted by atomic mass is 28.3. The van der Waals surface area contributed by atoms with Gasteiger partial charge in [0.25, 0.3) is 0 Å². The van der Waals surface area contributed by atoms with E-state index in [9.17, 15) is 0 Å². The molecule has 7 aromatic carbocycles. The number of pyridine rings is 2. The summed E-state index contributed by atoms with van der Waals surface area (Å²) in [7, 11) is -3.04. The largest absolute Gasteiger partial charge is 0.456 e. The van der Waals surface area contributed by atoms with E-state index in [-0.39, 0.29) is 5.41 Å². The highest BCUT2D eigenvalue weighted by Gasteiger charge is 2.43. The lowest BCUT2D eigenvalue weighted by atomic mass is 9.75. The number of hydrogen-bond acceptors (Lipinski definition) is 3. The van der Waals surface area contributed by atoms with Crippen LogP contribution in [0.1, 0.15) is 25.0 Å². The number of rotatable bonds is 5. The van der Waals surface area contributed by atoms with Crippen molar-refractivity contribution >= 4 is 77.9 Å². The number of aromatic nitrogens is 4. The number of ether oxygens (including phenoxy) is 1. The lowest BCUT2D eigenvalue weighted by Gasteiger charge is -2.35. The van der Waals surface area contributed by atoms with E-state index in [2.05, 4.69) is 199 Å². The van der Waals surface area contributed by atoms with Crippen LogP contribution >= 0.6 is 0 Å². The van der Waals surface area contributed by atoms with Crippen LogP contribution in [0, 0.1) is 0 Å². The van der Waals surface area contributed by atoms with Crippen LogP contribution in [-0.2, 0) is 5.41 Å². The Balaban J connectivity index is 1.21. The van der Waals surface area contributed by atoms with Gasteiger partial charge in [-0.05, 0) is 62.5 Å². The van der Waals surface area contributed by atoms with E-state index in [4.69, 9.17) is 14.7 Å². The first-order valence-electron chi connectivity index (χ1n) is 20.2. The molecule has 0 saturated heterocycles. The van der Waals surface area contributed by atoms with Crippen molar-refractivity contribution in [2.75, 3.05) is 0 Å². The highest BCUT2D eigenvalue weighted by Crippen LogP contribution is 2.52. The topological polar surface area (TPSA) is 44.4 Å². The fourth-order valence-corrected chi connectivity index (χ4v) is 14.9. The molecule has 11 aromatic rings. The summed E-state index contributed by atoms with van der Waals surface area (Å²) in [6.45, 7) is 4.61. The standard InChI is InChI=1S/C53H38N4OSi/c1-53(2)43-20-10-12-22-48(43)58-51-44(53)28-29-46-50(51)41-27-25-38(34-47(41)57(46)49-23-13-14-30-54-49)59(35-15-5-3-6-16-35,36-17-7-4-8-18-36)37-24-26-39-40-19-9-11-21-45(40)56-32-31-55-52(56)42(39)33-37/h3-34H,1-2H3. The molecule has 12 rings (SSSR count). The van der Waals surface area contributed by atoms with Crippen LogP contribution in [0.3, 0.4) is 0 Å². The van der Waals surface area contributed by atoms with Crippen molar-refractivity contribution in [3.8, 4) is 17.3 Å². The summed E-state index contributed by atoms with van der Waals surface area (Å²) in [5.41, 5.74) is 6.40. The van der Waals surface area contributed by atoms with Gasteiger partial charge in [-0.1, -0.05) is 153 Å². The lowest BCUT2D eigenvalue weighted by Crippen LogP contribution is -2.74. The SMILES string of the molecule is CC1(C)c2ccccc2Oc2c1ccc1c2c2ccc([Si](c3ccccc3)(c3ccccc3)c3ccc4c5ccccc5n5ccnc5c4c3)cc2n1-c1ccccn1. The van der Waals surface area contributed by atoms with Gasteiger partial charge in [0.05, 0.1) is 21.9 Å². The van der Waals surface area contributed by atoms with Gasteiger partial charge in [-0.2, -0.15) is 0 Å². The Morgan fingerprint density at radius 3 is 1.97 bits per heavy atom. The van der Waals surface area contributed by atoms with E-state index in [1.807, 2.05) is 18.5 Å². The van der Waals surface area contributed by atoms with E-state index in [1.54, 1.807) is 0 Å². The Morgan fingerprint density at radius 1 is 0.492 bits per heavy atom. The minimum Gasteiger partial charge on any atom is -0.456 e. The molecule has 5 heterocycles. The fourth-order valence-electron chi connectivity index (χ4n) is 10.2. The number of imidazole rings is 1. The van der Waals surface area contributed by atoms with Crippen LogP contribution < -0.4 is 25.5 Å². The van der Waals surface area contributed by atoms with Crippen molar-refractivity contribution in [2.24, 2.45) is 0 Å². The summed E-state index contributed by atoms with van der Waals surface area (Å²) in [5, 5.41) is 11.0. The highest BCUT2D eigenvalue weighted by molar-refractivity contribution is 7.20. The Morgan fingerprint density at radius 2 is 1.19 bits per heavy atom. The number of para-hydroxylation sites is 2. The second-order valence-corrected chi connectivity index (χ2v) is 20.0. The van der Waals surface area contributed by atoms with Crippen LogP contribution in [0.25, 0.3) is 54.9 Å². The molecule has 4 aromatic heterocycles. The van der Waals surface area contributed by atoms with E-state index >= 15 is 0 Å². The van der Waals surface area contributed by atoms with Crippen LogP contribution in [0.5, 0.6) is 11.5 Å². The third-order valence-corrected chi connectivity index (χ3v) is 17.6. The fraction of sp³-hybridized carbons (Fsp3) is 0.0566. The van der Waals surface area contributed by atoms with Crippen molar-refractivity contribution in [1.29, 1.82) is 0 Å². The van der Waals surface area contributed by atoms with Gasteiger partial charge in [-0.25, -0.2) is 9.97 Å². The van der Waals surface area contributed by atoms with Crippen molar-refractivity contribution < 1.29 is 4.74 Å². The molecule has 5 nitrogen and oxygen atoms in total. The molecule has 0 fully saturated rings. The molecule has 0 spiro atoms. The minimum atomic E-state index is -3.04. The zero-order chi connectivity index (χ0) is 39.3. The predicted octanol–water partition coefficient (Wildman–Crippen LogP) is 9.94. The molecule has 0 radical (unpaired) electrons. The van der Waals surface area contributed by atoms with Crippen molar-refractivity contribution in [3.05, 3.63) is 206 Å². The average Bonchev–Trinajstić information content (AvgIpc) is 3.92. The molecule has 0 aliphatic carbocycles. The zero-order valence-corrected chi connectivity index (χ0v) is 33.7. The molecule has 0 unspecified atom stereocenters. The summed E-state index contributed by atoms with van der Waals surface area (Å²) < 4.78 is 11.5. The van der Waals surface area contributed by atoms with Gasteiger partial charge >= 0.3 is 0 Å². The van der Waals surface area contributed by atoms with Gasteiger partial charge < -0.3 is 4.74 Å². The van der Waals surface area contributed by atoms with Gasteiger partial charge in [-0.15, -0.1) is 0 Å². The summed E-state index contributed by atoms with van der Waals surface area (Å²) in [4.78, 5) is 9.94. The average molecular weight is 775 g/mol. The Labute approximate surface area is 342 Å². The first-order valence-corrected chi connectivity index (χ1v) is 22.2. The molecule has 59 heavy (non-hydrogen) atoms. The molecule has 1 aliphatic rings.